The summed E-state index contributed by atoms with van der Waals surface area (Å²) >= 11 is 0. The van der Waals surface area contributed by atoms with Crippen LogP contribution in [-0.4, -0.2) is 36.9 Å². The van der Waals surface area contributed by atoms with Gasteiger partial charge in [0.15, 0.2) is 0 Å². The summed E-state index contributed by atoms with van der Waals surface area (Å²) in [6.45, 7) is -2.07. The molecule has 7 nitrogen and oxygen atoms in total. The van der Waals surface area contributed by atoms with E-state index in [-0.39, 0.29) is 16.8 Å². The third-order valence-electron chi connectivity index (χ3n) is 3.80. The number of rotatable bonds is 4. The molecule has 2 N–H and O–H groups in total. The molecular weight excluding hydrogens is 392 g/mol. The normalized spacial score (nSPS) is 14.2. The van der Waals surface area contributed by atoms with Crippen molar-refractivity contribution in [2.45, 2.75) is 17.6 Å². The number of carbonyl (C=O) groups excluding carboxylic acids is 1. The van der Waals surface area contributed by atoms with Gasteiger partial charge in [0.25, 0.3) is 15.9 Å². The summed E-state index contributed by atoms with van der Waals surface area (Å²) in [6.07, 6.45) is -3.68. The lowest BCUT2D eigenvalue weighted by Crippen LogP contribution is -2.34. The molecule has 1 aliphatic heterocycles. The number of H-pyrrole nitrogens is 1. The van der Waals surface area contributed by atoms with Crippen LogP contribution >= 0.6 is 0 Å². The molecule has 0 atom stereocenters. The average molecular weight is 402 g/mol. The fourth-order valence-electron chi connectivity index (χ4n) is 2.65. The first-order chi connectivity index (χ1) is 12.5. The van der Waals surface area contributed by atoms with Crippen LogP contribution in [0.4, 0.5) is 23.2 Å². The van der Waals surface area contributed by atoms with Crippen LogP contribution in [0.3, 0.4) is 0 Å². The van der Waals surface area contributed by atoms with E-state index in [0.717, 1.165) is 18.3 Å². The van der Waals surface area contributed by atoms with Crippen LogP contribution in [0, 0.1) is 17.1 Å². The van der Waals surface area contributed by atoms with Gasteiger partial charge in [-0.05, 0) is 18.2 Å². The van der Waals surface area contributed by atoms with E-state index in [9.17, 15) is 30.8 Å². The number of hydrogen-bond donors (Lipinski definition) is 2. The Balaban J connectivity index is 1.90. The minimum Gasteiger partial charge on any atom is -0.356 e. The van der Waals surface area contributed by atoms with Crippen molar-refractivity contribution in [1.29, 1.82) is 5.26 Å². The maximum Gasteiger partial charge on any atom is 0.406 e. The first kappa shape index (κ1) is 18.7. The number of aromatic amines is 1. The molecule has 0 bridgehead atoms. The van der Waals surface area contributed by atoms with Gasteiger partial charge in [0.05, 0.1) is 23.9 Å². The van der Waals surface area contributed by atoms with Crippen molar-refractivity contribution in [3.8, 4) is 6.07 Å². The van der Waals surface area contributed by atoms with Gasteiger partial charge < -0.3 is 9.88 Å². The minimum absolute atomic E-state index is 0.0219. The first-order valence-electron chi connectivity index (χ1n) is 7.30. The molecule has 1 amide bonds. The highest BCUT2D eigenvalue weighted by Crippen LogP contribution is 2.32. The van der Waals surface area contributed by atoms with Crippen LogP contribution in [0.25, 0.3) is 0 Å². The van der Waals surface area contributed by atoms with Gasteiger partial charge in [0.2, 0.25) is 0 Å². The lowest BCUT2D eigenvalue weighted by Gasteiger charge is -2.18. The predicted molar refractivity (Wildman–Crippen MR) is 83.5 cm³/mol. The molecule has 1 aromatic heterocycles. The van der Waals surface area contributed by atoms with E-state index < -0.39 is 51.6 Å². The Kier molecular flexibility index (Phi) is 4.35. The lowest BCUT2D eigenvalue weighted by molar-refractivity contribution is -0.141. The number of benzene rings is 1. The minimum atomic E-state index is -4.64. The molecular formula is C15H10F4N4O3S. The number of sulfonamides is 1. The topological polar surface area (TPSA) is 106 Å². The Labute approximate surface area is 150 Å². The zero-order valence-electron chi connectivity index (χ0n) is 13.3. The standard InChI is InChI=1S/C15H10F4N4O3S/c16-10-3-8(4-20)1-2-11(10)22-27(25,26)12-5-21-13-9(12)6-23(14(13)24)7-15(17,18)19/h1-3,5,21-22H,6-7H2. The summed E-state index contributed by atoms with van der Waals surface area (Å²) < 4.78 is 78.5. The van der Waals surface area contributed by atoms with Crippen molar-refractivity contribution in [2.24, 2.45) is 0 Å². The van der Waals surface area contributed by atoms with E-state index in [1.807, 2.05) is 4.72 Å². The summed E-state index contributed by atoms with van der Waals surface area (Å²) in [5, 5.41) is 8.70. The van der Waals surface area contributed by atoms with Gasteiger partial charge in [0.1, 0.15) is 23.0 Å². The lowest BCUT2D eigenvalue weighted by atomic mass is 10.2. The largest absolute Gasteiger partial charge is 0.406 e. The third kappa shape index (κ3) is 3.59. The summed E-state index contributed by atoms with van der Waals surface area (Å²) in [5.74, 6) is -1.98. The molecule has 12 heteroatoms. The first-order valence-corrected chi connectivity index (χ1v) is 8.79. The highest BCUT2D eigenvalue weighted by Gasteiger charge is 2.40. The van der Waals surface area contributed by atoms with Gasteiger partial charge in [-0.1, -0.05) is 0 Å². The number of aromatic nitrogens is 1. The highest BCUT2D eigenvalue weighted by atomic mass is 32.2. The summed E-state index contributed by atoms with van der Waals surface area (Å²) in [7, 11) is -4.39. The second kappa shape index (κ2) is 6.27. The quantitative estimate of drug-likeness (QED) is 0.766. The Morgan fingerprint density at radius 2 is 2.04 bits per heavy atom. The van der Waals surface area contributed by atoms with Crippen LogP contribution in [0.5, 0.6) is 0 Å². The molecule has 0 aliphatic carbocycles. The molecule has 0 radical (unpaired) electrons. The molecule has 3 rings (SSSR count). The zero-order chi connectivity index (χ0) is 20.0. The Morgan fingerprint density at radius 3 is 2.63 bits per heavy atom. The van der Waals surface area contributed by atoms with Gasteiger partial charge in [-0.2, -0.15) is 18.4 Å². The number of halogens is 4. The van der Waals surface area contributed by atoms with Gasteiger partial charge in [-0.25, -0.2) is 12.8 Å². The van der Waals surface area contributed by atoms with Crippen LogP contribution < -0.4 is 4.72 Å². The van der Waals surface area contributed by atoms with Gasteiger partial charge in [0, 0.05) is 11.8 Å². The average Bonchev–Trinajstić information content (AvgIpc) is 3.09. The second-order valence-electron chi connectivity index (χ2n) is 5.69. The van der Waals surface area contributed by atoms with Crippen molar-refractivity contribution in [2.75, 3.05) is 11.3 Å². The number of nitrogens with one attached hydrogen (secondary N) is 2. The van der Waals surface area contributed by atoms with Crippen molar-refractivity contribution < 1.29 is 30.8 Å². The monoisotopic (exact) mass is 402 g/mol. The number of carbonyl (C=O) groups is 1. The molecule has 2 aromatic rings. The second-order valence-corrected chi connectivity index (χ2v) is 7.35. The zero-order valence-corrected chi connectivity index (χ0v) is 14.1. The molecule has 0 saturated carbocycles. The SMILES string of the molecule is N#Cc1ccc(NS(=O)(=O)c2c[nH]c3c2CN(CC(F)(F)F)C3=O)c(F)c1. The molecule has 0 spiro atoms. The molecule has 0 unspecified atom stereocenters. The summed E-state index contributed by atoms with van der Waals surface area (Å²) in [5.41, 5.74) is -0.863. The fraction of sp³-hybridized carbons (Fsp3) is 0.200. The number of amides is 1. The van der Waals surface area contributed by atoms with Gasteiger partial charge in [-0.3, -0.25) is 9.52 Å². The van der Waals surface area contributed by atoms with E-state index in [1.165, 1.54) is 6.07 Å². The smallest absolute Gasteiger partial charge is 0.356 e. The van der Waals surface area contributed by atoms with Crippen LogP contribution in [0.1, 0.15) is 21.6 Å². The Bertz CT molecular complexity index is 1070. The van der Waals surface area contributed by atoms with Crippen molar-refractivity contribution in [3.05, 3.63) is 47.0 Å². The predicted octanol–water partition coefficient (Wildman–Crippen LogP) is 2.34. The van der Waals surface area contributed by atoms with Gasteiger partial charge in [-0.15, -0.1) is 0 Å². The van der Waals surface area contributed by atoms with Crippen LogP contribution in [0.2, 0.25) is 0 Å². The molecule has 27 heavy (non-hydrogen) atoms. The number of fused-ring (bicyclic) bond motifs is 1. The number of anilines is 1. The van der Waals surface area contributed by atoms with E-state index in [0.29, 0.717) is 4.90 Å². The molecule has 1 aromatic carbocycles. The summed E-state index contributed by atoms with van der Waals surface area (Å²) in [4.78, 5) is 14.4. The van der Waals surface area contributed by atoms with E-state index in [2.05, 4.69) is 4.98 Å². The van der Waals surface area contributed by atoms with Crippen molar-refractivity contribution in [3.63, 3.8) is 0 Å². The number of alkyl halides is 3. The summed E-state index contributed by atoms with van der Waals surface area (Å²) in [6, 6.07) is 4.75. The molecule has 142 valence electrons. The van der Waals surface area contributed by atoms with Crippen LogP contribution in [-0.2, 0) is 16.6 Å². The van der Waals surface area contributed by atoms with Crippen molar-refractivity contribution >= 4 is 21.6 Å². The van der Waals surface area contributed by atoms with Crippen molar-refractivity contribution in [1.82, 2.24) is 9.88 Å². The molecule has 2 heterocycles. The Morgan fingerprint density at radius 1 is 1.33 bits per heavy atom. The molecule has 0 fully saturated rings. The number of hydrogen-bond acceptors (Lipinski definition) is 4. The maximum absolute atomic E-state index is 13.9. The Hall–Kier alpha value is -3.07. The van der Waals surface area contributed by atoms with E-state index in [4.69, 9.17) is 5.26 Å². The number of nitrogens with zero attached hydrogens (tertiary/aromatic N) is 2. The van der Waals surface area contributed by atoms with Crippen LogP contribution in [0.15, 0.2) is 29.3 Å². The fourth-order valence-corrected chi connectivity index (χ4v) is 3.92. The maximum atomic E-state index is 13.9. The van der Waals surface area contributed by atoms with E-state index >= 15 is 0 Å². The third-order valence-corrected chi connectivity index (χ3v) is 5.23. The highest BCUT2D eigenvalue weighted by molar-refractivity contribution is 7.92. The molecule has 0 saturated heterocycles. The number of nitriles is 1. The van der Waals surface area contributed by atoms with E-state index in [1.54, 1.807) is 6.07 Å². The van der Waals surface area contributed by atoms with Gasteiger partial charge >= 0.3 is 6.18 Å². The molecule has 1 aliphatic rings.